The Kier molecular flexibility index (Phi) is 21.7. The van der Waals surface area contributed by atoms with Crippen LogP contribution < -0.4 is 25.1 Å². The van der Waals surface area contributed by atoms with Crippen molar-refractivity contribution in [1.29, 1.82) is 0 Å². The van der Waals surface area contributed by atoms with Crippen LogP contribution in [0.4, 0.5) is 0 Å². The molecule has 55 heavy (non-hydrogen) atoms. The number of hydrogen-bond acceptors (Lipinski definition) is 17. The predicted molar refractivity (Wildman–Crippen MR) is 189 cm³/mol. The van der Waals surface area contributed by atoms with Crippen LogP contribution >= 0.6 is 7.82 Å². The summed E-state index contributed by atoms with van der Waals surface area (Å²) in [5.74, 6) is -7.36. The number of phenolic OH excluding ortho intramolecular Hbond substituents is 2. The van der Waals surface area contributed by atoms with Crippen molar-refractivity contribution in [2.24, 2.45) is 0 Å². The molecule has 20 nitrogen and oxygen atoms in total. The number of phosphoric ester groups is 1. The standard InChI is InChI=1S/C22H32NO17P.2C6H15N/c1-8(25)23-15-12(28)5-22(21(33)34,39-20(15)16(30)13(29)6-24)40-41(35,36)37-7-14-17(31)18(32)19(38-14)10-3-2-9(26)4-11(10)27;2*1-4-7(5-2)6-3/h2-4,12-20,24,26-32H,5-7H2,1H3,(H,23,25)(H,33,34)(H,35,36);2*4-6H2,1-3H3/t12-,13+,14+,15+,16+,17+,18+,19-,20+,22+;;/m0../s1. The third-order valence-corrected chi connectivity index (χ3v) is 10.5. The van der Waals surface area contributed by atoms with Gasteiger partial charge in [0.25, 0.3) is 7.82 Å². The molecule has 1 amide bonds. The molecule has 2 heterocycles. The molecule has 0 aromatic heterocycles. The van der Waals surface area contributed by atoms with Gasteiger partial charge in [0.2, 0.25) is 11.7 Å². The first-order valence-electron chi connectivity index (χ1n) is 18.4. The molecule has 0 saturated carbocycles. The second-order valence-corrected chi connectivity index (χ2v) is 14.5. The van der Waals surface area contributed by atoms with E-state index >= 15 is 0 Å². The molecule has 1 aromatic carbocycles. The molecule has 2 fully saturated rings. The zero-order chi connectivity index (χ0) is 42.3. The highest BCUT2D eigenvalue weighted by Gasteiger charge is 2.54. The second-order valence-electron chi connectivity index (χ2n) is 13.1. The number of aliphatic hydroxyl groups is 6. The summed E-state index contributed by atoms with van der Waals surface area (Å²) in [5, 5.41) is 94.2. The molecule has 2 aliphatic heterocycles. The second kappa shape index (κ2) is 23.6. The highest BCUT2D eigenvalue weighted by Crippen LogP contribution is 2.48. The molecule has 0 spiro atoms. The molecular weight excluding hydrogens is 753 g/mol. The minimum absolute atomic E-state index is 0.0673. The first-order chi connectivity index (χ1) is 25.7. The summed E-state index contributed by atoms with van der Waals surface area (Å²) < 4.78 is 32.5. The molecule has 21 heteroatoms. The third-order valence-electron chi connectivity index (χ3n) is 9.51. The van der Waals surface area contributed by atoms with Crippen LogP contribution in [0, 0.1) is 0 Å². The van der Waals surface area contributed by atoms with E-state index in [0.717, 1.165) is 19.1 Å². The molecule has 320 valence electrons. The van der Waals surface area contributed by atoms with Gasteiger partial charge in [-0.05, 0) is 53.7 Å². The number of carboxylic acids is 1. The summed E-state index contributed by atoms with van der Waals surface area (Å²) in [7, 11) is -5.79. The Morgan fingerprint density at radius 2 is 1.51 bits per heavy atom. The lowest BCUT2D eigenvalue weighted by atomic mass is 9.88. The number of carbonyl (C=O) groups is 2. The van der Waals surface area contributed by atoms with E-state index in [4.69, 9.17) is 14.6 Å². The smallest absolute Gasteiger partial charge is 0.270 e. The SMILES string of the molecule is CC(=O)N[C@H]1[C@H]([C@H](O)[C@H](O)CO)O[C@](OP(=O)([O-])OC[C@H]2O[C@@H](c3ccc(O)cc3O)[C@H](O)[C@@H]2O)(C(=O)[O-])C[C@@H]1O.CC[NH+](CC)CC.CC[NH+](CC)CC. The Morgan fingerprint density at radius 1 is 0.982 bits per heavy atom. The van der Waals surface area contributed by atoms with E-state index in [1.54, 1.807) is 9.80 Å². The number of carbonyl (C=O) groups excluding carboxylic acids is 2. The maximum absolute atomic E-state index is 12.7. The van der Waals surface area contributed by atoms with Crippen molar-refractivity contribution in [3.05, 3.63) is 23.8 Å². The summed E-state index contributed by atoms with van der Waals surface area (Å²) in [5.41, 5.74) is -0.0673. The van der Waals surface area contributed by atoms with Gasteiger partial charge in [-0.15, -0.1) is 0 Å². The zero-order valence-electron chi connectivity index (χ0n) is 32.5. The van der Waals surface area contributed by atoms with Gasteiger partial charge in [-0.25, -0.2) is 0 Å². The zero-order valence-corrected chi connectivity index (χ0v) is 33.4. The fourth-order valence-electron chi connectivity index (χ4n) is 6.00. The largest absolute Gasteiger partial charge is 0.756 e. The van der Waals surface area contributed by atoms with Gasteiger partial charge in [-0.1, -0.05) is 0 Å². The molecule has 1 aromatic rings. The molecule has 1 unspecified atom stereocenters. The molecular formula is C34H62N3O17P. The van der Waals surface area contributed by atoms with Crippen LogP contribution in [-0.2, 0) is 32.7 Å². The Balaban J connectivity index is 0.000000913. The Morgan fingerprint density at radius 3 is 1.93 bits per heavy atom. The van der Waals surface area contributed by atoms with Crippen LogP contribution in [-0.4, -0.2) is 160 Å². The number of ether oxygens (including phenoxy) is 2. The van der Waals surface area contributed by atoms with Gasteiger partial charge in [0.05, 0.1) is 64.6 Å². The summed E-state index contributed by atoms with van der Waals surface area (Å²) in [4.78, 5) is 39.6. The van der Waals surface area contributed by atoms with Gasteiger partial charge in [-0.3, -0.25) is 13.9 Å². The van der Waals surface area contributed by atoms with Crippen molar-refractivity contribution in [3.8, 4) is 11.5 Å². The molecule has 2 aliphatic rings. The van der Waals surface area contributed by atoms with E-state index in [-0.39, 0.29) is 11.3 Å². The average molecular weight is 816 g/mol. The summed E-state index contributed by atoms with van der Waals surface area (Å²) in [6.07, 6.45) is -15.9. The lowest BCUT2D eigenvalue weighted by Crippen LogP contribution is -3.11. The topological polar surface area (TPSA) is 317 Å². The number of carboxylic acid groups (broad SMARTS) is 1. The molecule has 0 aliphatic carbocycles. The maximum Gasteiger partial charge on any atom is 0.270 e. The van der Waals surface area contributed by atoms with Gasteiger partial charge in [0.1, 0.15) is 60.2 Å². The fourth-order valence-corrected chi connectivity index (χ4v) is 6.94. The van der Waals surface area contributed by atoms with Gasteiger partial charge in [0, 0.05) is 25.0 Å². The summed E-state index contributed by atoms with van der Waals surface area (Å²) in [6.45, 7) is 19.8. The molecule has 0 bridgehead atoms. The summed E-state index contributed by atoms with van der Waals surface area (Å²) >= 11 is 0. The predicted octanol–water partition coefficient (Wildman–Crippen LogP) is -5.56. The third kappa shape index (κ3) is 14.7. The molecule has 3 rings (SSSR count). The van der Waals surface area contributed by atoms with Gasteiger partial charge < -0.3 is 84.8 Å². The van der Waals surface area contributed by atoms with Crippen LogP contribution in [0.3, 0.4) is 0 Å². The Hall–Kier alpha value is -2.53. The molecule has 11 atom stereocenters. The van der Waals surface area contributed by atoms with Crippen molar-refractivity contribution >= 4 is 19.7 Å². The number of aliphatic carboxylic acids is 1. The first-order valence-corrected chi connectivity index (χ1v) is 19.9. The van der Waals surface area contributed by atoms with Crippen molar-refractivity contribution in [2.75, 3.05) is 52.5 Å². The van der Waals surface area contributed by atoms with E-state index in [2.05, 4.69) is 55.9 Å². The number of aliphatic hydroxyl groups excluding tert-OH is 6. The number of quaternary nitrogens is 2. The quantitative estimate of drug-likeness (QED) is 0.0654. The van der Waals surface area contributed by atoms with Gasteiger partial charge in [0.15, 0.2) is 0 Å². The highest BCUT2D eigenvalue weighted by molar-refractivity contribution is 7.45. The van der Waals surface area contributed by atoms with Gasteiger partial charge in [-0.2, -0.15) is 0 Å². The van der Waals surface area contributed by atoms with E-state index in [0.29, 0.717) is 0 Å². The van der Waals surface area contributed by atoms with Crippen molar-refractivity contribution in [1.82, 2.24) is 5.32 Å². The molecule has 0 radical (unpaired) electrons. The van der Waals surface area contributed by atoms with Crippen LogP contribution in [0.25, 0.3) is 0 Å². The van der Waals surface area contributed by atoms with Crippen molar-refractivity contribution in [2.45, 2.75) is 116 Å². The lowest BCUT2D eigenvalue weighted by molar-refractivity contribution is -0.894. The van der Waals surface area contributed by atoms with Crippen LogP contribution in [0.1, 0.15) is 66.6 Å². The normalized spacial score (nSPS) is 28.6. The van der Waals surface area contributed by atoms with Crippen LogP contribution in [0.5, 0.6) is 11.5 Å². The number of phenols is 2. The number of aromatic hydroxyl groups is 2. The Labute approximate surface area is 321 Å². The number of phosphoric acid groups is 1. The number of hydrogen-bond donors (Lipinski definition) is 11. The Bertz CT molecular complexity index is 1330. The minimum Gasteiger partial charge on any atom is -0.756 e. The van der Waals surface area contributed by atoms with E-state index in [9.17, 15) is 59.9 Å². The van der Waals surface area contributed by atoms with E-state index < -0.39 is 106 Å². The van der Waals surface area contributed by atoms with E-state index in [1.165, 1.54) is 45.3 Å². The maximum atomic E-state index is 12.7. The lowest BCUT2D eigenvalue weighted by Gasteiger charge is -2.50. The monoisotopic (exact) mass is 815 g/mol. The van der Waals surface area contributed by atoms with Crippen molar-refractivity contribution < 1.29 is 93.3 Å². The number of nitrogens with one attached hydrogen (secondary N) is 3. The highest BCUT2D eigenvalue weighted by atomic mass is 31.2. The minimum atomic E-state index is -5.79. The summed E-state index contributed by atoms with van der Waals surface area (Å²) in [6, 6.07) is 1.65. The van der Waals surface area contributed by atoms with Gasteiger partial charge >= 0.3 is 0 Å². The average Bonchev–Trinajstić information content (AvgIpc) is 3.41. The van der Waals surface area contributed by atoms with Crippen LogP contribution in [0.15, 0.2) is 18.2 Å². The number of rotatable bonds is 17. The number of amides is 1. The van der Waals surface area contributed by atoms with E-state index in [1.807, 2.05) is 0 Å². The van der Waals surface area contributed by atoms with Crippen LogP contribution in [0.2, 0.25) is 0 Å². The number of benzene rings is 1. The molecule has 2 saturated heterocycles. The molecule has 11 N–H and O–H groups in total. The fraction of sp³-hybridized carbons (Fsp3) is 0.765. The first kappa shape index (κ1) is 50.5. The van der Waals surface area contributed by atoms with Crippen molar-refractivity contribution in [3.63, 3.8) is 0 Å².